The summed E-state index contributed by atoms with van der Waals surface area (Å²) in [5.74, 6) is -0.471. The van der Waals surface area contributed by atoms with E-state index in [1.165, 1.54) is 11.8 Å². The largest absolute Gasteiger partial charge is 0.372 e. The number of carbonyl (C=O) groups is 2. The number of nitriles is 2. The maximum atomic E-state index is 13.0. The molecule has 0 aliphatic rings. The number of nitrogens with zero attached hydrogens (tertiary/aromatic N) is 8. The number of azo groups is 1. The van der Waals surface area contributed by atoms with Gasteiger partial charge in [-0.15, -0.1) is 10.2 Å². The van der Waals surface area contributed by atoms with Gasteiger partial charge in [0.25, 0.3) is 5.95 Å². The number of benzene rings is 1. The van der Waals surface area contributed by atoms with Crippen LogP contribution < -0.4 is 10.2 Å². The number of carbonyl (C=O) groups excluding carboxylic acids is 2. The lowest BCUT2D eigenvalue weighted by atomic mass is 10.2. The monoisotopic (exact) mass is 449 g/mol. The summed E-state index contributed by atoms with van der Waals surface area (Å²) < 4.78 is 0.984. The minimum Gasteiger partial charge on any atom is -0.372 e. The van der Waals surface area contributed by atoms with Crippen LogP contribution in [0, 0.1) is 22.7 Å². The first-order valence-corrected chi connectivity index (χ1v) is 10.6. The van der Waals surface area contributed by atoms with Crippen molar-refractivity contribution in [1.29, 1.82) is 10.5 Å². The number of nitrogens with one attached hydrogen (secondary N) is 1. The molecular weight excluding hydrogens is 422 g/mol. The van der Waals surface area contributed by atoms with Crippen LogP contribution >= 0.6 is 0 Å². The molecular formula is C22H27N9O2. The average Bonchev–Trinajstić information content (AvgIpc) is 3.17. The molecule has 1 aromatic heterocycles. The maximum Gasteiger partial charge on any atom is 0.332 e. The minimum absolute atomic E-state index is 0.193. The zero-order valence-electron chi connectivity index (χ0n) is 19.5. The molecule has 0 atom stereocenters. The molecule has 0 bridgehead atoms. The highest BCUT2D eigenvalue weighted by molar-refractivity contribution is 5.93. The molecule has 2 rings (SSSR count). The second-order valence-corrected chi connectivity index (χ2v) is 6.88. The Morgan fingerprint density at radius 2 is 1.73 bits per heavy atom. The molecule has 0 radical (unpaired) electrons. The number of amides is 2. The van der Waals surface area contributed by atoms with Crippen molar-refractivity contribution >= 4 is 34.9 Å². The standard InChI is InChI=1S/C22H27N9O2/c1-6-29(7-2)16-10-11-17(18(12-16)25-15(5)32)27-28-21-26-19(13-23)20(14-24)31(21)22(33)30(8-3)9-4/h10-12H,6-9H2,1-5H3,(H,25,32). The fraction of sp³-hybridized carbons (Fsp3) is 0.409. The predicted molar refractivity (Wildman–Crippen MR) is 124 cm³/mol. The number of hydrogen-bond donors (Lipinski definition) is 1. The smallest absolute Gasteiger partial charge is 0.332 e. The van der Waals surface area contributed by atoms with E-state index in [-0.39, 0.29) is 23.2 Å². The van der Waals surface area contributed by atoms with E-state index in [0.29, 0.717) is 24.5 Å². The first-order chi connectivity index (χ1) is 15.8. The highest BCUT2D eigenvalue weighted by atomic mass is 16.2. The number of aromatic nitrogens is 2. The van der Waals surface area contributed by atoms with E-state index in [0.717, 1.165) is 23.3 Å². The Balaban J connectivity index is 2.60. The first-order valence-electron chi connectivity index (χ1n) is 10.6. The fourth-order valence-corrected chi connectivity index (χ4v) is 3.26. The van der Waals surface area contributed by atoms with E-state index in [1.54, 1.807) is 26.0 Å². The first kappa shape index (κ1) is 25.0. The van der Waals surface area contributed by atoms with Crippen LogP contribution in [-0.4, -0.2) is 52.6 Å². The zero-order chi connectivity index (χ0) is 24.5. The molecule has 0 aliphatic carbocycles. The van der Waals surface area contributed by atoms with Gasteiger partial charge in [-0.05, 0) is 45.9 Å². The molecule has 33 heavy (non-hydrogen) atoms. The van der Waals surface area contributed by atoms with Gasteiger partial charge in [-0.1, -0.05) is 0 Å². The van der Waals surface area contributed by atoms with Gasteiger partial charge in [0, 0.05) is 38.8 Å². The molecule has 11 nitrogen and oxygen atoms in total. The van der Waals surface area contributed by atoms with Crippen LogP contribution in [0.3, 0.4) is 0 Å². The van der Waals surface area contributed by atoms with Crippen LogP contribution in [0.2, 0.25) is 0 Å². The van der Waals surface area contributed by atoms with E-state index in [9.17, 15) is 20.1 Å². The van der Waals surface area contributed by atoms with Crippen LogP contribution in [-0.2, 0) is 4.79 Å². The summed E-state index contributed by atoms with van der Waals surface area (Å²) >= 11 is 0. The molecule has 0 spiro atoms. The molecule has 2 aromatic rings. The third kappa shape index (κ3) is 5.52. The van der Waals surface area contributed by atoms with Gasteiger partial charge in [-0.3, -0.25) is 4.79 Å². The van der Waals surface area contributed by atoms with E-state index in [2.05, 4.69) is 25.4 Å². The fourth-order valence-electron chi connectivity index (χ4n) is 3.26. The Morgan fingerprint density at radius 1 is 1.06 bits per heavy atom. The molecule has 0 saturated heterocycles. The average molecular weight is 450 g/mol. The third-order valence-electron chi connectivity index (χ3n) is 4.96. The van der Waals surface area contributed by atoms with Crippen molar-refractivity contribution < 1.29 is 9.59 Å². The minimum atomic E-state index is -0.529. The van der Waals surface area contributed by atoms with E-state index < -0.39 is 6.03 Å². The second-order valence-electron chi connectivity index (χ2n) is 6.88. The normalized spacial score (nSPS) is 10.5. The number of rotatable bonds is 8. The molecule has 2 amide bonds. The van der Waals surface area contributed by atoms with Gasteiger partial charge in [-0.25, -0.2) is 9.36 Å². The molecule has 0 saturated carbocycles. The molecule has 0 fully saturated rings. The highest BCUT2D eigenvalue weighted by Gasteiger charge is 2.25. The van der Waals surface area contributed by atoms with Crippen molar-refractivity contribution in [3.63, 3.8) is 0 Å². The molecule has 0 aliphatic heterocycles. The topological polar surface area (TPSA) is 143 Å². The van der Waals surface area contributed by atoms with Gasteiger partial charge in [0.1, 0.15) is 17.8 Å². The summed E-state index contributed by atoms with van der Waals surface area (Å²) in [5.41, 5.74) is 1.25. The van der Waals surface area contributed by atoms with Crippen LogP contribution in [0.4, 0.5) is 27.8 Å². The number of imidazole rings is 1. The molecule has 1 aromatic carbocycles. The lowest BCUT2D eigenvalue weighted by Crippen LogP contribution is -2.34. The Bertz CT molecular complexity index is 1130. The van der Waals surface area contributed by atoms with E-state index in [4.69, 9.17) is 0 Å². The van der Waals surface area contributed by atoms with Crippen molar-refractivity contribution in [2.75, 3.05) is 36.4 Å². The highest BCUT2D eigenvalue weighted by Crippen LogP contribution is 2.32. The van der Waals surface area contributed by atoms with Crippen LogP contribution in [0.15, 0.2) is 28.4 Å². The van der Waals surface area contributed by atoms with Crippen molar-refractivity contribution in [3.05, 3.63) is 29.6 Å². The van der Waals surface area contributed by atoms with Crippen LogP contribution in [0.25, 0.3) is 0 Å². The van der Waals surface area contributed by atoms with E-state index >= 15 is 0 Å². The Labute approximate surface area is 192 Å². The summed E-state index contributed by atoms with van der Waals surface area (Å²) in [5, 5.41) is 29.9. The maximum absolute atomic E-state index is 13.0. The summed E-state index contributed by atoms with van der Waals surface area (Å²) in [7, 11) is 0. The Morgan fingerprint density at radius 3 is 2.24 bits per heavy atom. The lowest BCUT2D eigenvalue weighted by Gasteiger charge is -2.22. The van der Waals surface area contributed by atoms with Crippen molar-refractivity contribution in [2.45, 2.75) is 34.6 Å². The quantitative estimate of drug-likeness (QED) is 0.600. The molecule has 1 N–H and O–H groups in total. The Kier molecular flexibility index (Phi) is 8.64. The Hall–Kier alpha value is -4.25. The summed E-state index contributed by atoms with van der Waals surface area (Å²) in [4.78, 5) is 32.3. The molecule has 0 unspecified atom stereocenters. The molecule has 11 heteroatoms. The summed E-state index contributed by atoms with van der Waals surface area (Å²) in [6, 6.07) is 8.47. The van der Waals surface area contributed by atoms with Crippen molar-refractivity contribution in [3.8, 4) is 12.1 Å². The van der Waals surface area contributed by atoms with E-state index in [1.807, 2.05) is 32.1 Å². The van der Waals surface area contributed by atoms with Crippen molar-refractivity contribution in [2.24, 2.45) is 10.2 Å². The van der Waals surface area contributed by atoms with Gasteiger partial charge >= 0.3 is 6.03 Å². The van der Waals surface area contributed by atoms with Crippen LogP contribution in [0.5, 0.6) is 0 Å². The molecule has 172 valence electrons. The van der Waals surface area contributed by atoms with Gasteiger partial charge in [0.15, 0.2) is 11.4 Å². The summed E-state index contributed by atoms with van der Waals surface area (Å²) in [6.07, 6.45) is 0. The predicted octanol–water partition coefficient (Wildman–Crippen LogP) is 4.16. The van der Waals surface area contributed by atoms with Gasteiger partial charge in [0.2, 0.25) is 5.91 Å². The SMILES string of the molecule is CCN(CC)C(=O)n1c(N=Nc2ccc(N(CC)CC)cc2NC(C)=O)nc(C#N)c1C#N. The van der Waals surface area contributed by atoms with Gasteiger partial charge in [-0.2, -0.15) is 15.5 Å². The van der Waals surface area contributed by atoms with Gasteiger partial charge < -0.3 is 15.1 Å². The third-order valence-corrected chi connectivity index (χ3v) is 4.96. The summed E-state index contributed by atoms with van der Waals surface area (Å²) in [6.45, 7) is 11.4. The number of hydrogen-bond acceptors (Lipinski definition) is 8. The molecule has 1 heterocycles. The van der Waals surface area contributed by atoms with Crippen molar-refractivity contribution in [1.82, 2.24) is 14.5 Å². The zero-order valence-corrected chi connectivity index (χ0v) is 19.5. The number of anilines is 2. The lowest BCUT2D eigenvalue weighted by molar-refractivity contribution is -0.114. The second kappa shape index (κ2) is 11.4. The van der Waals surface area contributed by atoms with Crippen LogP contribution in [0.1, 0.15) is 46.0 Å². The van der Waals surface area contributed by atoms with Gasteiger partial charge in [0.05, 0.1) is 5.69 Å².